The largest absolute Gasteiger partial charge is 0.348 e. The molecule has 0 aliphatic rings. The van der Waals surface area contributed by atoms with E-state index < -0.39 is 0 Å². The van der Waals surface area contributed by atoms with Crippen LogP contribution in [-0.4, -0.2) is 35.1 Å². The summed E-state index contributed by atoms with van der Waals surface area (Å²) in [6.45, 7) is 0. The minimum atomic E-state index is -0.0903. The molecule has 0 aromatic heterocycles. The number of nitrogens with zero attached hydrogens (tertiary/aromatic N) is 1. The van der Waals surface area contributed by atoms with Gasteiger partial charge < -0.3 is 4.90 Å². The lowest BCUT2D eigenvalue weighted by Crippen LogP contribution is -2.30. The zero-order valence-corrected chi connectivity index (χ0v) is 8.57. The summed E-state index contributed by atoms with van der Waals surface area (Å²) in [5, 5.41) is 0.657. The van der Waals surface area contributed by atoms with E-state index >= 15 is 0 Å². The standard InChI is InChI=1S/C5H9Br2NO/c1-8(2)5(9)4(7)3-6/h4H,3H2,1-2H3/t4-/m0/s1. The minimum Gasteiger partial charge on any atom is -0.348 e. The molecule has 1 atom stereocenters. The van der Waals surface area contributed by atoms with E-state index in [2.05, 4.69) is 31.9 Å². The molecule has 0 saturated heterocycles. The van der Waals surface area contributed by atoms with Crippen LogP contribution in [0.4, 0.5) is 0 Å². The van der Waals surface area contributed by atoms with Crippen LogP contribution in [0, 0.1) is 0 Å². The number of carbonyl (C=O) groups is 1. The van der Waals surface area contributed by atoms with Crippen molar-refractivity contribution in [3.8, 4) is 0 Å². The van der Waals surface area contributed by atoms with Gasteiger partial charge in [0.2, 0.25) is 5.91 Å². The fourth-order valence-corrected chi connectivity index (χ4v) is 1.03. The maximum atomic E-state index is 10.9. The smallest absolute Gasteiger partial charge is 0.236 e. The lowest BCUT2D eigenvalue weighted by atomic mass is 10.4. The summed E-state index contributed by atoms with van der Waals surface area (Å²) in [6.07, 6.45) is 0. The molecule has 0 bridgehead atoms. The van der Waals surface area contributed by atoms with E-state index in [9.17, 15) is 4.79 Å². The average molecular weight is 259 g/mol. The van der Waals surface area contributed by atoms with Gasteiger partial charge >= 0.3 is 0 Å². The normalized spacial score (nSPS) is 12.9. The van der Waals surface area contributed by atoms with Gasteiger partial charge in [-0.1, -0.05) is 31.9 Å². The number of amides is 1. The first kappa shape index (κ1) is 9.43. The van der Waals surface area contributed by atoms with Crippen molar-refractivity contribution in [2.75, 3.05) is 19.4 Å². The first-order chi connectivity index (χ1) is 4.09. The average Bonchev–Trinajstić information content (AvgIpc) is 1.84. The number of hydrogen-bond donors (Lipinski definition) is 0. The van der Waals surface area contributed by atoms with Crippen molar-refractivity contribution in [2.45, 2.75) is 4.83 Å². The van der Waals surface area contributed by atoms with Crippen LogP contribution in [0.25, 0.3) is 0 Å². The molecular weight excluding hydrogens is 250 g/mol. The van der Waals surface area contributed by atoms with Gasteiger partial charge in [-0.15, -0.1) is 0 Å². The van der Waals surface area contributed by atoms with E-state index in [4.69, 9.17) is 0 Å². The number of carbonyl (C=O) groups excluding carboxylic acids is 1. The van der Waals surface area contributed by atoms with Crippen molar-refractivity contribution in [3.63, 3.8) is 0 Å². The predicted octanol–water partition coefficient (Wildman–Crippen LogP) is 1.23. The molecular formula is C5H9Br2NO. The van der Waals surface area contributed by atoms with Crippen LogP contribution in [-0.2, 0) is 4.79 Å². The van der Waals surface area contributed by atoms with Crippen molar-refractivity contribution < 1.29 is 4.79 Å². The molecule has 0 heterocycles. The van der Waals surface area contributed by atoms with Gasteiger partial charge in [0.1, 0.15) is 4.83 Å². The number of halogens is 2. The fraction of sp³-hybridized carbons (Fsp3) is 0.800. The van der Waals surface area contributed by atoms with Crippen molar-refractivity contribution >= 4 is 37.8 Å². The lowest BCUT2D eigenvalue weighted by Gasteiger charge is -2.12. The van der Waals surface area contributed by atoms with Crippen LogP contribution in [0.5, 0.6) is 0 Å². The Bertz CT molecular complexity index is 105. The molecule has 0 unspecified atom stereocenters. The zero-order valence-electron chi connectivity index (χ0n) is 5.40. The molecule has 2 nitrogen and oxygen atoms in total. The van der Waals surface area contributed by atoms with Crippen molar-refractivity contribution in [2.24, 2.45) is 0 Å². The van der Waals surface area contributed by atoms with Crippen LogP contribution in [0.3, 0.4) is 0 Å². The quantitative estimate of drug-likeness (QED) is 0.683. The fourth-order valence-electron chi connectivity index (χ4n) is 0.346. The van der Waals surface area contributed by atoms with E-state index in [0.29, 0.717) is 5.33 Å². The summed E-state index contributed by atoms with van der Waals surface area (Å²) in [5.74, 6) is 0.0897. The Morgan fingerprint density at radius 2 is 2.11 bits per heavy atom. The van der Waals surface area contributed by atoms with Crippen molar-refractivity contribution in [1.29, 1.82) is 0 Å². The second kappa shape index (κ2) is 4.28. The van der Waals surface area contributed by atoms with Crippen LogP contribution in [0.2, 0.25) is 0 Å². The van der Waals surface area contributed by atoms with Crippen molar-refractivity contribution in [3.05, 3.63) is 0 Å². The van der Waals surface area contributed by atoms with Crippen LogP contribution in [0.1, 0.15) is 0 Å². The molecule has 1 amide bonds. The first-order valence-corrected chi connectivity index (χ1v) is 4.54. The second-order valence-corrected chi connectivity index (χ2v) is 3.61. The molecule has 0 fully saturated rings. The Balaban J connectivity index is 3.73. The highest BCUT2D eigenvalue weighted by Crippen LogP contribution is 2.05. The Morgan fingerprint density at radius 1 is 1.67 bits per heavy atom. The zero-order chi connectivity index (χ0) is 7.44. The summed E-state index contributed by atoms with van der Waals surface area (Å²) in [4.78, 5) is 12.4. The molecule has 0 aliphatic carbocycles. The highest BCUT2D eigenvalue weighted by Gasteiger charge is 2.13. The Kier molecular flexibility index (Phi) is 4.48. The monoisotopic (exact) mass is 257 g/mol. The summed E-state index contributed by atoms with van der Waals surface area (Å²) in [5.41, 5.74) is 0. The highest BCUT2D eigenvalue weighted by molar-refractivity contribution is 9.12. The highest BCUT2D eigenvalue weighted by atomic mass is 79.9. The van der Waals surface area contributed by atoms with Gasteiger partial charge in [-0.2, -0.15) is 0 Å². The van der Waals surface area contributed by atoms with Crippen LogP contribution < -0.4 is 0 Å². The topological polar surface area (TPSA) is 20.3 Å². The van der Waals surface area contributed by atoms with E-state index in [-0.39, 0.29) is 10.7 Å². The summed E-state index contributed by atoms with van der Waals surface area (Å²) < 4.78 is 0. The molecule has 0 saturated carbocycles. The van der Waals surface area contributed by atoms with Crippen LogP contribution in [0.15, 0.2) is 0 Å². The number of rotatable bonds is 2. The number of hydrogen-bond acceptors (Lipinski definition) is 1. The van der Waals surface area contributed by atoms with E-state index in [0.717, 1.165) is 0 Å². The van der Waals surface area contributed by atoms with Gasteiger partial charge in [0, 0.05) is 19.4 Å². The first-order valence-electron chi connectivity index (χ1n) is 2.50. The van der Waals surface area contributed by atoms with E-state index in [1.807, 2.05) is 0 Å². The molecule has 54 valence electrons. The van der Waals surface area contributed by atoms with Gasteiger partial charge in [-0.3, -0.25) is 4.79 Å². The second-order valence-electron chi connectivity index (χ2n) is 1.85. The molecule has 0 rings (SSSR count). The van der Waals surface area contributed by atoms with Gasteiger partial charge in [0.25, 0.3) is 0 Å². The van der Waals surface area contributed by atoms with Crippen LogP contribution >= 0.6 is 31.9 Å². The summed E-state index contributed by atoms with van der Waals surface area (Å²) >= 11 is 6.39. The summed E-state index contributed by atoms with van der Waals surface area (Å²) in [7, 11) is 3.47. The molecule has 0 radical (unpaired) electrons. The predicted molar refractivity (Wildman–Crippen MR) is 45.2 cm³/mol. The molecule has 0 aromatic carbocycles. The van der Waals surface area contributed by atoms with E-state index in [1.54, 1.807) is 19.0 Å². The molecule has 0 spiro atoms. The molecule has 9 heavy (non-hydrogen) atoms. The van der Waals surface area contributed by atoms with Gasteiger partial charge in [0.05, 0.1) is 0 Å². The maximum Gasteiger partial charge on any atom is 0.236 e. The third kappa shape index (κ3) is 3.20. The Hall–Kier alpha value is 0.430. The Labute approximate surface area is 71.9 Å². The van der Waals surface area contributed by atoms with Gasteiger partial charge in [-0.25, -0.2) is 0 Å². The van der Waals surface area contributed by atoms with Gasteiger partial charge in [-0.05, 0) is 0 Å². The Morgan fingerprint density at radius 3 is 2.22 bits per heavy atom. The molecule has 4 heteroatoms. The third-order valence-electron chi connectivity index (χ3n) is 0.844. The number of alkyl halides is 2. The molecule has 0 aliphatic heterocycles. The molecule has 0 N–H and O–H groups in total. The third-order valence-corrected chi connectivity index (χ3v) is 3.08. The molecule has 0 aromatic rings. The van der Waals surface area contributed by atoms with Gasteiger partial charge in [0.15, 0.2) is 0 Å². The summed E-state index contributed by atoms with van der Waals surface area (Å²) in [6, 6.07) is 0. The SMILES string of the molecule is CN(C)C(=O)[C@@H](Br)CBr. The minimum absolute atomic E-state index is 0.0897. The van der Waals surface area contributed by atoms with E-state index in [1.165, 1.54) is 0 Å². The van der Waals surface area contributed by atoms with Crippen molar-refractivity contribution in [1.82, 2.24) is 4.90 Å². The maximum absolute atomic E-state index is 10.9. The lowest BCUT2D eigenvalue weighted by molar-refractivity contribution is -0.127.